The van der Waals surface area contributed by atoms with Crippen molar-refractivity contribution in [2.45, 2.75) is 51.0 Å². The molecule has 4 nitrogen and oxygen atoms in total. The van der Waals surface area contributed by atoms with Crippen LogP contribution in [0.1, 0.15) is 45.1 Å². The van der Waals surface area contributed by atoms with Crippen LogP contribution >= 0.6 is 0 Å². The second-order valence-corrected chi connectivity index (χ2v) is 6.67. The molecule has 1 aromatic carbocycles. The standard InChI is InChI=1S/C19H27NO3/c1-4-22-16-7-6-14(12-17(16)23-5-2)19-9-8-15(21)13-18(19)20(3)11-10-19/h6-7,12,18H,4-5,8-11,13H2,1-3H3/t18-,19-/m1/s1. The van der Waals surface area contributed by atoms with Gasteiger partial charge in [0.15, 0.2) is 11.5 Å². The van der Waals surface area contributed by atoms with Crippen molar-refractivity contribution in [3.8, 4) is 11.5 Å². The van der Waals surface area contributed by atoms with E-state index in [9.17, 15) is 4.79 Å². The number of hydrogen-bond acceptors (Lipinski definition) is 4. The second-order valence-electron chi connectivity index (χ2n) is 6.67. The lowest BCUT2D eigenvalue weighted by Crippen LogP contribution is -2.46. The number of likely N-dealkylation sites (tertiary alicyclic amines) is 1. The molecule has 0 unspecified atom stereocenters. The number of carbonyl (C=O) groups excluding carboxylic acids is 1. The first-order valence-corrected chi connectivity index (χ1v) is 8.72. The van der Waals surface area contributed by atoms with Gasteiger partial charge in [0.2, 0.25) is 0 Å². The van der Waals surface area contributed by atoms with Gasteiger partial charge >= 0.3 is 0 Å². The largest absolute Gasteiger partial charge is 0.490 e. The highest BCUT2D eigenvalue weighted by Crippen LogP contribution is 2.49. The van der Waals surface area contributed by atoms with Crippen LogP contribution in [0.25, 0.3) is 0 Å². The van der Waals surface area contributed by atoms with Crippen LogP contribution in [-0.4, -0.2) is 43.5 Å². The minimum Gasteiger partial charge on any atom is -0.490 e. The molecule has 3 rings (SSSR count). The molecule has 0 bridgehead atoms. The third kappa shape index (κ3) is 2.85. The van der Waals surface area contributed by atoms with Crippen molar-refractivity contribution in [1.29, 1.82) is 0 Å². The van der Waals surface area contributed by atoms with Crippen molar-refractivity contribution in [2.75, 3.05) is 26.8 Å². The van der Waals surface area contributed by atoms with Crippen LogP contribution in [0.4, 0.5) is 0 Å². The number of ketones is 1. The fourth-order valence-corrected chi connectivity index (χ4v) is 4.29. The SMILES string of the molecule is CCOc1ccc([C@]23CCC(=O)C[C@H]2N(C)CC3)cc1OCC. The van der Waals surface area contributed by atoms with Crippen molar-refractivity contribution in [3.63, 3.8) is 0 Å². The van der Waals surface area contributed by atoms with Crippen LogP contribution in [0.2, 0.25) is 0 Å². The maximum atomic E-state index is 12.0. The first kappa shape index (κ1) is 16.3. The summed E-state index contributed by atoms with van der Waals surface area (Å²) in [5, 5.41) is 0. The summed E-state index contributed by atoms with van der Waals surface area (Å²) < 4.78 is 11.5. The van der Waals surface area contributed by atoms with Crippen molar-refractivity contribution in [1.82, 2.24) is 4.90 Å². The van der Waals surface area contributed by atoms with E-state index >= 15 is 0 Å². The second kappa shape index (κ2) is 6.52. The number of ether oxygens (including phenoxy) is 2. The van der Waals surface area contributed by atoms with Crippen LogP contribution in [0.3, 0.4) is 0 Å². The predicted octanol–water partition coefficient (Wildman–Crippen LogP) is 3.18. The van der Waals surface area contributed by atoms with Crippen molar-refractivity contribution < 1.29 is 14.3 Å². The molecule has 0 aromatic heterocycles. The molecular formula is C19H27NO3. The number of nitrogens with zero attached hydrogens (tertiary/aromatic N) is 1. The fourth-order valence-electron chi connectivity index (χ4n) is 4.29. The highest BCUT2D eigenvalue weighted by atomic mass is 16.5. The van der Waals surface area contributed by atoms with Gasteiger partial charge in [-0.1, -0.05) is 6.07 Å². The summed E-state index contributed by atoms with van der Waals surface area (Å²) in [5.74, 6) is 2.03. The first-order chi connectivity index (χ1) is 11.1. The van der Waals surface area contributed by atoms with E-state index in [1.807, 2.05) is 19.9 Å². The number of Topliss-reactive ketones (excluding diaryl/α,β-unsaturated/α-hetero) is 1. The lowest BCUT2D eigenvalue weighted by molar-refractivity contribution is -0.122. The summed E-state index contributed by atoms with van der Waals surface area (Å²) >= 11 is 0. The molecule has 0 spiro atoms. The molecule has 1 aliphatic heterocycles. The van der Waals surface area contributed by atoms with E-state index in [0.717, 1.165) is 30.9 Å². The summed E-state index contributed by atoms with van der Waals surface area (Å²) in [6.45, 7) is 6.28. The molecule has 0 N–H and O–H groups in total. The van der Waals surface area contributed by atoms with Crippen LogP contribution in [0.5, 0.6) is 11.5 Å². The van der Waals surface area contributed by atoms with Gasteiger partial charge in [-0.2, -0.15) is 0 Å². The molecule has 4 heteroatoms. The Morgan fingerprint density at radius 2 is 1.91 bits per heavy atom. The smallest absolute Gasteiger partial charge is 0.161 e. The first-order valence-electron chi connectivity index (χ1n) is 8.72. The average Bonchev–Trinajstić information content (AvgIpc) is 2.88. The van der Waals surface area contributed by atoms with Gasteiger partial charge in [0, 0.05) is 24.3 Å². The quantitative estimate of drug-likeness (QED) is 0.836. The van der Waals surface area contributed by atoms with Gasteiger partial charge < -0.3 is 14.4 Å². The molecule has 0 amide bonds. The Balaban J connectivity index is 1.99. The van der Waals surface area contributed by atoms with Gasteiger partial charge in [-0.15, -0.1) is 0 Å². The number of hydrogen-bond donors (Lipinski definition) is 0. The third-order valence-electron chi connectivity index (χ3n) is 5.47. The molecule has 126 valence electrons. The summed E-state index contributed by atoms with van der Waals surface area (Å²) in [7, 11) is 2.14. The number of rotatable bonds is 5. The lowest BCUT2D eigenvalue weighted by atomic mass is 9.66. The van der Waals surface area contributed by atoms with Crippen LogP contribution in [0, 0.1) is 0 Å². The molecule has 1 aromatic rings. The predicted molar refractivity (Wildman–Crippen MR) is 90.4 cm³/mol. The van der Waals surface area contributed by atoms with Gasteiger partial charge in [0.1, 0.15) is 5.78 Å². The van der Waals surface area contributed by atoms with Gasteiger partial charge in [-0.3, -0.25) is 4.79 Å². The third-order valence-corrected chi connectivity index (χ3v) is 5.47. The van der Waals surface area contributed by atoms with E-state index in [1.54, 1.807) is 0 Å². The topological polar surface area (TPSA) is 38.8 Å². The van der Waals surface area contributed by atoms with Crippen molar-refractivity contribution in [2.24, 2.45) is 0 Å². The molecule has 2 fully saturated rings. The average molecular weight is 317 g/mol. The molecule has 0 radical (unpaired) electrons. The fraction of sp³-hybridized carbons (Fsp3) is 0.632. The molecule has 23 heavy (non-hydrogen) atoms. The minimum atomic E-state index is 0.0826. The Labute approximate surface area is 138 Å². The van der Waals surface area contributed by atoms with E-state index in [2.05, 4.69) is 24.1 Å². The Morgan fingerprint density at radius 1 is 1.17 bits per heavy atom. The van der Waals surface area contributed by atoms with Crippen molar-refractivity contribution in [3.05, 3.63) is 23.8 Å². The number of benzene rings is 1. The molecule has 1 saturated carbocycles. The van der Waals surface area contributed by atoms with E-state index in [4.69, 9.17) is 9.47 Å². The number of carbonyl (C=O) groups is 1. The summed E-state index contributed by atoms with van der Waals surface area (Å²) in [6.07, 6.45) is 3.43. The van der Waals surface area contributed by atoms with Gasteiger partial charge in [0.25, 0.3) is 0 Å². The highest BCUT2D eigenvalue weighted by Gasteiger charge is 2.50. The van der Waals surface area contributed by atoms with E-state index in [0.29, 0.717) is 37.9 Å². The van der Waals surface area contributed by atoms with Crippen LogP contribution in [0.15, 0.2) is 18.2 Å². The van der Waals surface area contributed by atoms with Crippen molar-refractivity contribution >= 4 is 5.78 Å². The maximum Gasteiger partial charge on any atom is 0.161 e. The summed E-state index contributed by atoms with van der Waals surface area (Å²) in [4.78, 5) is 14.3. The lowest BCUT2D eigenvalue weighted by Gasteiger charge is -2.41. The highest BCUT2D eigenvalue weighted by molar-refractivity contribution is 5.81. The zero-order valence-corrected chi connectivity index (χ0v) is 14.4. The monoisotopic (exact) mass is 317 g/mol. The minimum absolute atomic E-state index is 0.0826. The Kier molecular flexibility index (Phi) is 4.62. The molecule has 1 saturated heterocycles. The number of fused-ring (bicyclic) bond motifs is 1. The van der Waals surface area contributed by atoms with Gasteiger partial charge in [-0.25, -0.2) is 0 Å². The Bertz CT molecular complexity index is 586. The summed E-state index contributed by atoms with van der Waals surface area (Å²) in [6, 6.07) is 6.67. The zero-order chi connectivity index (χ0) is 16.4. The van der Waals surface area contributed by atoms with Crippen LogP contribution < -0.4 is 9.47 Å². The van der Waals surface area contributed by atoms with E-state index in [-0.39, 0.29) is 5.41 Å². The van der Waals surface area contributed by atoms with E-state index < -0.39 is 0 Å². The van der Waals surface area contributed by atoms with Gasteiger partial charge in [0.05, 0.1) is 13.2 Å². The van der Waals surface area contributed by atoms with Crippen LogP contribution in [-0.2, 0) is 10.2 Å². The molecule has 1 aliphatic carbocycles. The molecular weight excluding hydrogens is 290 g/mol. The Morgan fingerprint density at radius 3 is 2.65 bits per heavy atom. The molecule has 2 aliphatic rings. The Hall–Kier alpha value is -1.55. The zero-order valence-electron chi connectivity index (χ0n) is 14.4. The molecule has 2 atom stereocenters. The summed E-state index contributed by atoms with van der Waals surface area (Å²) in [5.41, 5.74) is 1.38. The normalized spacial score (nSPS) is 27.8. The maximum absolute atomic E-state index is 12.0. The van der Waals surface area contributed by atoms with Gasteiger partial charge in [-0.05, 0) is 58.0 Å². The number of likely N-dealkylation sites (N-methyl/N-ethyl adjacent to an activating group) is 1. The van der Waals surface area contributed by atoms with E-state index in [1.165, 1.54) is 5.56 Å². The molecule has 1 heterocycles.